The second-order valence-electron chi connectivity index (χ2n) is 4.66. The zero-order valence-electron chi connectivity index (χ0n) is 10.3. The molecule has 1 saturated heterocycles. The van der Waals surface area contributed by atoms with E-state index < -0.39 is 0 Å². The van der Waals surface area contributed by atoms with Gasteiger partial charge in [-0.3, -0.25) is 4.90 Å². The minimum atomic E-state index is 0. The van der Waals surface area contributed by atoms with Gasteiger partial charge in [-0.25, -0.2) is 0 Å². The summed E-state index contributed by atoms with van der Waals surface area (Å²) in [6.45, 7) is 7.71. The van der Waals surface area contributed by atoms with Crippen molar-refractivity contribution in [3.63, 3.8) is 0 Å². The minimum absolute atomic E-state index is 0. The maximum Gasteiger partial charge on any atom is 0.0345 e. The van der Waals surface area contributed by atoms with Gasteiger partial charge in [0, 0.05) is 25.7 Å². The normalized spacial score (nSPS) is 15.8. The van der Waals surface area contributed by atoms with Crippen LogP contribution in [-0.2, 0) is 6.54 Å². The summed E-state index contributed by atoms with van der Waals surface area (Å²) in [5, 5.41) is 3.31. The van der Waals surface area contributed by atoms with Gasteiger partial charge in [-0.1, -0.05) is 23.8 Å². The highest BCUT2D eigenvalue weighted by atomic mass is 35.5. The van der Waals surface area contributed by atoms with E-state index in [1.807, 2.05) is 0 Å². The molecule has 1 aliphatic heterocycles. The third-order valence-electron chi connectivity index (χ3n) is 3.31. The Morgan fingerprint density at radius 1 is 1.31 bits per heavy atom. The van der Waals surface area contributed by atoms with Crippen LogP contribution in [0, 0.1) is 13.8 Å². The highest BCUT2D eigenvalue weighted by molar-refractivity contribution is 5.85. The van der Waals surface area contributed by atoms with Crippen molar-refractivity contribution in [1.82, 2.24) is 10.2 Å². The van der Waals surface area contributed by atoms with Gasteiger partial charge in [0.25, 0.3) is 0 Å². The molecule has 1 aliphatic rings. The number of likely N-dealkylation sites (N-methyl/N-ethyl adjacent to an activating group) is 1. The van der Waals surface area contributed by atoms with Gasteiger partial charge in [0.05, 0.1) is 0 Å². The number of nitrogens with zero attached hydrogens (tertiary/aromatic N) is 1. The lowest BCUT2D eigenvalue weighted by atomic mass is 10.0. The Balaban J connectivity index is 0.00000128. The Hall–Kier alpha value is -0.570. The number of benzene rings is 1. The van der Waals surface area contributed by atoms with Gasteiger partial charge < -0.3 is 5.32 Å². The van der Waals surface area contributed by atoms with E-state index in [9.17, 15) is 0 Å². The SMILES string of the molecule is Cc1ccc(C)c(CN(C)C2CNC2)c1.Cl. The molecule has 1 heterocycles. The van der Waals surface area contributed by atoms with Gasteiger partial charge in [0.1, 0.15) is 0 Å². The molecule has 2 nitrogen and oxygen atoms in total. The number of halogens is 1. The van der Waals surface area contributed by atoms with Crippen molar-refractivity contribution in [3.05, 3.63) is 34.9 Å². The molecule has 90 valence electrons. The van der Waals surface area contributed by atoms with Gasteiger partial charge in [0.15, 0.2) is 0 Å². The average molecular weight is 241 g/mol. The van der Waals surface area contributed by atoms with E-state index in [0.717, 1.165) is 25.7 Å². The summed E-state index contributed by atoms with van der Waals surface area (Å²) < 4.78 is 0. The van der Waals surface area contributed by atoms with Crippen molar-refractivity contribution in [3.8, 4) is 0 Å². The van der Waals surface area contributed by atoms with Crippen LogP contribution in [0.4, 0.5) is 0 Å². The highest BCUT2D eigenvalue weighted by Crippen LogP contribution is 2.14. The minimum Gasteiger partial charge on any atom is -0.314 e. The van der Waals surface area contributed by atoms with E-state index in [-0.39, 0.29) is 12.4 Å². The molecule has 1 N–H and O–H groups in total. The number of aryl methyl sites for hydroxylation is 2. The predicted octanol–water partition coefficient (Wildman–Crippen LogP) is 2.13. The topological polar surface area (TPSA) is 15.3 Å². The Morgan fingerprint density at radius 3 is 2.56 bits per heavy atom. The lowest BCUT2D eigenvalue weighted by molar-refractivity contribution is 0.173. The number of nitrogens with one attached hydrogen (secondary N) is 1. The molecule has 0 spiro atoms. The second-order valence-corrected chi connectivity index (χ2v) is 4.66. The van der Waals surface area contributed by atoms with Crippen LogP contribution < -0.4 is 5.32 Å². The molecule has 0 aliphatic carbocycles. The van der Waals surface area contributed by atoms with Gasteiger partial charge in [-0.2, -0.15) is 0 Å². The molecule has 0 bridgehead atoms. The lowest BCUT2D eigenvalue weighted by Crippen LogP contribution is -2.55. The summed E-state index contributed by atoms with van der Waals surface area (Å²) in [4.78, 5) is 2.44. The maximum absolute atomic E-state index is 3.31. The van der Waals surface area contributed by atoms with Crippen molar-refractivity contribution in [2.75, 3.05) is 20.1 Å². The molecule has 0 saturated carbocycles. The van der Waals surface area contributed by atoms with E-state index in [1.165, 1.54) is 16.7 Å². The Morgan fingerprint density at radius 2 is 2.00 bits per heavy atom. The van der Waals surface area contributed by atoms with Crippen molar-refractivity contribution in [1.29, 1.82) is 0 Å². The summed E-state index contributed by atoms with van der Waals surface area (Å²) in [6, 6.07) is 7.43. The summed E-state index contributed by atoms with van der Waals surface area (Å²) in [5.41, 5.74) is 4.22. The van der Waals surface area contributed by atoms with E-state index >= 15 is 0 Å². The predicted molar refractivity (Wildman–Crippen MR) is 71.3 cm³/mol. The van der Waals surface area contributed by atoms with Crippen molar-refractivity contribution in [2.45, 2.75) is 26.4 Å². The first-order chi connectivity index (χ1) is 7.16. The van der Waals surface area contributed by atoms with E-state index in [1.54, 1.807) is 0 Å². The smallest absolute Gasteiger partial charge is 0.0345 e. The summed E-state index contributed by atoms with van der Waals surface area (Å²) in [7, 11) is 2.22. The second kappa shape index (κ2) is 5.67. The van der Waals surface area contributed by atoms with Crippen LogP contribution in [-0.4, -0.2) is 31.1 Å². The summed E-state index contributed by atoms with van der Waals surface area (Å²) in [6.07, 6.45) is 0. The van der Waals surface area contributed by atoms with Crippen LogP contribution in [0.5, 0.6) is 0 Å². The highest BCUT2D eigenvalue weighted by Gasteiger charge is 2.21. The number of rotatable bonds is 3. The fourth-order valence-corrected chi connectivity index (χ4v) is 1.95. The van der Waals surface area contributed by atoms with Crippen LogP contribution in [0.15, 0.2) is 18.2 Å². The van der Waals surface area contributed by atoms with Crippen LogP contribution in [0.3, 0.4) is 0 Å². The molecule has 0 aromatic heterocycles. The molecule has 0 radical (unpaired) electrons. The third kappa shape index (κ3) is 2.97. The molecule has 3 heteroatoms. The van der Waals surface area contributed by atoms with Crippen molar-refractivity contribution in [2.24, 2.45) is 0 Å². The standard InChI is InChI=1S/C13H20N2.ClH/c1-10-4-5-11(2)12(6-10)9-15(3)13-7-14-8-13;/h4-6,13-14H,7-9H2,1-3H3;1H. The summed E-state index contributed by atoms with van der Waals surface area (Å²) >= 11 is 0. The van der Waals surface area contributed by atoms with Crippen LogP contribution in [0.2, 0.25) is 0 Å². The monoisotopic (exact) mass is 240 g/mol. The number of hydrogen-bond acceptors (Lipinski definition) is 2. The van der Waals surface area contributed by atoms with E-state index in [2.05, 4.69) is 49.3 Å². The molecular weight excluding hydrogens is 220 g/mol. The fourth-order valence-electron chi connectivity index (χ4n) is 1.95. The summed E-state index contributed by atoms with van der Waals surface area (Å²) in [5.74, 6) is 0. The van der Waals surface area contributed by atoms with Gasteiger partial charge in [0.2, 0.25) is 0 Å². The molecule has 16 heavy (non-hydrogen) atoms. The Kier molecular flexibility index (Phi) is 4.78. The van der Waals surface area contributed by atoms with Crippen LogP contribution in [0.1, 0.15) is 16.7 Å². The quantitative estimate of drug-likeness (QED) is 0.871. The maximum atomic E-state index is 3.31. The van der Waals surface area contributed by atoms with Crippen molar-refractivity contribution < 1.29 is 0 Å². The van der Waals surface area contributed by atoms with Crippen LogP contribution in [0.25, 0.3) is 0 Å². The first kappa shape index (κ1) is 13.5. The fraction of sp³-hybridized carbons (Fsp3) is 0.538. The van der Waals surface area contributed by atoms with Gasteiger partial charge in [-0.05, 0) is 32.0 Å². The molecule has 0 atom stereocenters. The van der Waals surface area contributed by atoms with Gasteiger partial charge >= 0.3 is 0 Å². The molecule has 1 aromatic carbocycles. The molecule has 0 amide bonds. The molecule has 1 fully saturated rings. The molecular formula is C13H21ClN2. The van der Waals surface area contributed by atoms with Crippen LogP contribution >= 0.6 is 12.4 Å². The largest absolute Gasteiger partial charge is 0.314 e. The van der Waals surface area contributed by atoms with Gasteiger partial charge in [-0.15, -0.1) is 12.4 Å². The molecule has 2 rings (SSSR count). The lowest BCUT2D eigenvalue weighted by Gasteiger charge is -2.36. The first-order valence-corrected chi connectivity index (χ1v) is 5.64. The molecule has 0 unspecified atom stereocenters. The van der Waals surface area contributed by atoms with E-state index in [4.69, 9.17) is 0 Å². The van der Waals surface area contributed by atoms with E-state index in [0.29, 0.717) is 0 Å². The Bertz CT molecular complexity index is 348. The van der Waals surface area contributed by atoms with Crippen molar-refractivity contribution >= 4 is 12.4 Å². The Labute approximate surface area is 104 Å². The zero-order valence-corrected chi connectivity index (χ0v) is 11.1. The zero-order chi connectivity index (χ0) is 10.8. The first-order valence-electron chi connectivity index (χ1n) is 5.64. The molecule has 1 aromatic rings. The number of hydrogen-bond donors (Lipinski definition) is 1. The third-order valence-corrected chi connectivity index (χ3v) is 3.31. The average Bonchev–Trinajstić information content (AvgIpc) is 2.08.